The zero-order chi connectivity index (χ0) is 14.3. The van der Waals surface area contributed by atoms with E-state index >= 15 is 0 Å². The summed E-state index contributed by atoms with van der Waals surface area (Å²) in [6.07, 6.45) is -0.563. The molecule has 1 aromatic carbocycles. The molecule has 1 amide bonds. The highest BCUT2D eigenvalue weighted by Crippen LogP contribution is 2.60. The average molecular weight is 269 g/mol. The molecular formula is C13H13F2NO3. The van der Waals surface area contributed by atoms with Crippen LogP contribution in [0.3, 0.4) is 0 Å². The molecule has 1 atom stereocenters. The Morgan fingerprint density at radius 1 is 1.32 bits per heavy atom. The first-order valence-corrected chi connectivity index (χ1v) is 5.75. The molecule has 0 spiro atoms. The van der Waals surface area contributed by atoms with Crippen LogP contribution in [-0.2, 0) is 16.0 Å². The van der Waals surface area contributed by atoms with Gasteiger partial charge in [-0.2, -0.15) is 0 Å². The van der Waals surface area contributed by atoms with Gasteiger partial charge < -0.3 is 10.4 Å². The Morgan fingerprint density at radius 2 is 1.84 bits per heavy atom. The van der Waals surface area contributed by atoms with Crippen molar-refractivity contribution in [1.82, 2.24) is 0 Å². The molecule has 4 nitrogen and oxygen atoms in total. The number of hydrogen-bond acceptors (Lipinski definition) is 2. The molecule has 2 rings (SSSR count). The molecule has 1 fully saturated rings. The SMILES string of the molecule is CC1(C(=O)Nc2ccc(CC(=O)O)cc2)CC1(F)F. The summed E-state index contributed by atoms with van der Waals surface area (Å²) in [6.45, 7) is 1.22. The van der Waals surface area contributed by atoms with Crippen molar-refractivity contribution in [3.63, 3.8) is 0 Å². The van der Waals surface area contributed by atoms with Crippen molar-refractivity contribution in [2.75, 3.05) is 5.32 Å². The summed E-state index contributed by atoms with van der Waals surface area (Å²) in [4.78, 5) is 22.2. The molecule has 1 unspecified atom stereocenters. The van der Waals surface area contributed by atoms with E-state index in [-0.39, 0.29) is 6.42 Å². The molecule has 0 bridgehead atoms. The second-order valence-electron chi connectivity index (χ2n) is 4.93. The number of aliphatic carboxylic acids is 1. The lowest BCUT2D eigenvalue weighted by Gasteiger charge is -2.11. The Balaban J connectivity index is 2.01. The number of carbonyl (C=O) groups is 2. The van der Waals surface area contributed by atoms with Crippen molar-refractivity contribution < 1.29 is 23.5 Å². The smallest absolute Gasteiger partial charge is 0.307 e. The normalized spacial score (nSPS) is 23.7. The molecule has 2 N–H and O–H groups in total. The first kappa shape index (κ1) is 13.5. The lowest BCUT2D eigenvalue weighted by molar-refractivity contribution is -0.136. The fraction of sp³-hybridized carbons (Fsp3) is 0.385. The molecule has 0 aromatic heterocycles. The van der Waals surface area contributed by atoms with Crippen LogP contribution in [0.5, 0.6) is 0 Å². The molecule has 0 radical (unpaired) electrons. The van der Waals surface area contributed by atoms with Crippen LogP contribution in [-0.4, -0.2) is 22.9 Å². The van der Waals surface area contributed by atoms with E-state index in [0.717, 1.165) is 0 Å². The number of halogens is 2. The maximum atomic E-state index is 13.0. The number of amides is 1. The fourth-order valence-electron chi connectivity index (χ4n) is 1.80. The molecule has 1 saturated carbocycles. The van der Waals surface area contributed by atoms with Crippen LogP contribution >= 0.6 is 0 Å². The van der Waals surface area contributed by atoms with E-state index in [1.165, 1.54) is 31.2 Å². The third-order valence-electron chi connectivity index (χ3n) is 3.33. The summed E-state index contributed by atoms with van der Waals surface area (Å²) < 4.78 is 26.0. The standard InChI is InChI=1S/C13H13F2NO3/c1-12(7-13(12,14)15)11(19)16-9-4-2-8(3-5-9)6-10(17)18/h2-5H,6-7H2,1H3,(H,16,19)(H,17,18). The van der Waals surface area contributed by atoms with Crippen molar-refractivity contribution >= 4 is 17.6 Å². The molecule has 1 aliphatic rings. The van der Waals surface area contributed by atoms with Gasteiger partial charge in [0.05, 0.1) is 6.42 Å². The van der Waals surface area contributed by atoms with Crippen molar-refractivity contribution in [3.8, 4) is 0 Å². The Kier molecular flexibility index (Phi) is 3.04. The molecule has 1 aromatic rings. The molecule has 6 heteroatoms. The Hall–Kier alpha value is -1.98. The van der Waals surface area contributed by atoms with Gasteiger partial charge in [0.15, 0.2) is 0 Å². The van der Waals surface area contributed by atoms with E-state index < -0.39 is 29.6 Å². The highest BCUT2D eigenvalue weighted by atomic mass is 19.3. The quantitative estimate of drug-likeness (QED) is 0.881. The number of nitrogens with one attached hydrogen (secondary N) is 1. The van der Waals surface area contributed by atoms with E-state index in [0.29, 0.717) is 11.3 Å². The highest BCUT2D eigenvalue weighted by molar-refractivity contribution is 5.98. The minimum atomic E-state index is -2.94. The number of anilines is 1. The van der Waals surface area contributed by atoms with E-state index in [2.05, 4.69) is 5.32 Å². The molecule has 19 heavy (non-hydrogen) atoms. The summed E-state index contributed by atoms with van der Waals surface area (Å²) >= 11 is 0. The third-order valence-corrected chi connectivity index (χ3v) is 3.33. The van der Waals surface area contributed by atoms with Gasteiger partial charge in [0.2, 0.25) is 5.91 Å². The number of hydrogen-bond donors (Lipinski definition) is 2. The van der Waals surface area contributed by atoms with E-state index in [9.17, 15) is 18.4 Å². The van der Waals surface area contributed by atoms with Gasteiger partial charge in [-0.15, -0.1) is 0 Å². The van der Waals surface area contributed by atoms with Crippen LogP contribution in [0.1, 0.15) is 18.9 Å². The zero-order valence-corrected chi connectivity index (χ0v) is 10.2. The first-order chi connectivity index (χ1) is 8.74. The van der Waals surface area contributed by atoms with Gasteiger partial charge in [0.25, 0.3) is 5.92 Å². The second-order valence-corrected chi connectivity index (χ2v) is 4.93. The number of carboxylic acids is 1. The summed E-state index contributed by atoms with van der Waals surface area (Å²) in [7, 11) is 0. The number of carboxylic acid groups (broad SMARTS) is 1. The number of benzene rings is 1. The van der Waals surface area contributed by atoms with Crippen LogP contribution < -0.4 is 5.32 Å². The van der Waals surface area contributed by atoms with Crippen molar-refractivity contribution in [3.05, 3.63) is 29.8 Å². The van der Waals surface area contributed by atoms with Gasteiger partial charge in [-0.3, -0.25) is 9.59 Å². The molecule has 0 aliphatic heterocycles. The van der Waals surface area contributed by atoms with Crippen LogP contribution in [0.2, 0.25) is 0 Å². The molecule has 1 aliphatic carbocycles. The number of alkyl halides is 2. The Bertz CT molecular complexity index is 527. The summed E-state index contributed by atoms with van der Waals surface area (Å²) in [5.74, 6) is -4.62. The van der Waals surface area contributed by atoms with Crippen LogP contribution in [0.25, 0.3) is 0 Å². The van der Waals surface area contributed by atoms with Gasteiger partial charge >= 0.3 is 5.97 Å². The fourth-order valence-corrected chi connectivity index (χ4v) is 1.80. The molecule has 0 saturated heterocycles. The van der Waals surface area contributed by atoms with Gasteiger partial charge in [0, 0.05) is 12.1 Å². The Labute approximate surface area is 108 Å². The van der Waals surface area contributed by atoms with Crippen LogP contribution in [0.15, 0.2) is 24.3 Å². The Morgan fingerprint density at radius 3 is 2.26 bits per heavy atom. The van der Waals surface area contributed by atoms with Gasteiger partial charge in [-0.05, 0) is 24.6 Å². The lowest BCUT2D eigenvalue weighted by Crippen LogP contribution is -2.26. The monoisotopic (exact) mass is 269 g/mol. The number of rotatable bonds is 4. The minimum Gasteiger partial charge on any atom is -0.481 e. The largest absolute Gasteiger partial charge is 0.481 e. The minimum absolute atomic E-state index is 0.121. The summed E-state index contributed by atoms with van der Waals surface area (Å²) in [6, 6.07) is 6.08. The lowest BCUT2D eigenvalue weighted by atomic mass is 10.1. The second kappa shape index (κ2) is 4.29. The maximum absolute atomic E-state index is 13.0. The van der Waals surface area contributed by atoms with Crippen molar-refractivity contribution in [2.24, 2.45) is 5.41 Å². The average Bonchev–Trinajstić information content (AvgIpc) is 2.82. The van der Waals surface area contributed by atoms with E-state index in [4.69, 9.17) is 5.11 Å². The highest BCUT2D eigenvalue weighted by Gasteiger charge is 2.72. The van der Waals surface area contributed by atoms with Gasteiger partial charge in [-0.1, -0.05) is 12.1 Å². The van der Waals surface area contributed by atoms with E-state index in [1.54, 1.807) is 0 Å². The number of carbonyl (C=O) groups excluding carboxylic acids is 1. The first-order valence-electron chi connectivity index (χ1n) is 5.75. The van der Waals surface area contributed by atoms with Gasteiger partial charge in [0.1, 0.15) is 5.41 Å². The van der Waals surface area contributed by atoms with Crippen molar-refractivity contribution in [2.45, 2.75) is 25.7 Å². The van der Waals surface area contributed by atoms with Crippen LogP contribution in [0.4, 0.5) is 14.5 Å². The van der Waals surface area contributed by atoms with E-state index in [1.807, 2.05) is 0 Å². The maximum Gasteiger partial charge on any atom is 0.307 e. The summed E-state index contributed by atoms with van der Waals surface area (Å²) in [5.41, 5.74) is -0.677. The predicted octanol–water partition coefficient (Wildman–Crippen LogP) is 2.30. The molecule has 0 heterocycles. The van der Waals surface area contributed by atoms with Gasteiger partial charge in [-0.25, -0.2) is 8.78 Å². The predicted molar refractivity (Wildman–Crippen MR) is 64.1 cm³/mol. The molecular weight excluding hydrogens is 256 g/mol. The molecule has 102 valence electrons. The zero-order valence-electron chi connectivity index (χ0n) is 10.2. The van der Waals surface area contributed by atoms with Crippen molar-refractivity contribution in [1.29, 1.82) is 0 Å². The third kappa shape index (κ3) is 2.57. The van der Waals surface area contributed by atoms with Crippen LogP contribution in [0, 0.1) is 5.41 Å². The summed E-state index contributed by atoms with van der Waals surface area (Å²) in [5, 5.41) is 11.0. The topological polar surface area (TPSA) is 66.4 Å².